The number of hydrogen-bond acceptors (Lipinski definition) is 5. The number of pyridine rings is 1. The summed E-state index contributed by atoms with van der Waals surface area (Å²) in [5.41, 5.74) is -1.46. The number of para-hydroxylation sites is 2. The van der Waals surface area contributed by atoms with Crippen molar-refractivity contribution in [2.24, 2.45) is 0 Å². The summed E-state index contributed by atoms with van der Waals surface area (Å²) in [6.07, 6.45) is -3.71. The Labute approximate surface area is 202 Å². The number of aromatic nitrogens is 1. The van der Waals surface area contributed by atoms with Crippen LogP contribution >= 0.6 is 23.2 Å². The number of anilines is 2. The average molecular weight is 532 g/mol. The molecule has 34 heavy (non-hydrogen) atoms. The Morgan fingerprint density at radius 1 is 1.12 bits per heavy atom. The monoisotopic (exact) mass is 531 g/mol. The van der Waals surface area contributed by atoms with Crippen molar-refractivity contribution in [3.05, 3.63) is 76.0 Å². The second-order valence-corrected chi connectivity index (χ2v) is 9.59. The summed E-state index contributed by atoms with van der Waals surface area (Å²) in [6.45, 7) is 0.362. The van der Waals surface area contributed by atoms with Gasteiger partial charge < -0.3 is 9.64 Å². The molecule has 2 aromatic carbocycles. The molecule has 3 aromatic rings. The van der Waals surface area contributed by atoms with Gasteiger partial charge in [0.05, 0.1) is 38.4 Å². The summed E-state index contributed by atoms with van der Waals surface area (Å²) in [5.74, 6) is -0.198. The van der Waals surface area contributed by atoms with Crippen molar-refractivity contribution in [1.29, 1.82) is 0 Å². The lowest BCUT2D eigenvalue weighted by Crippen LogP contribution is -2.38. The number of sulfonamides is 1. The summed E-state index contributed by atoms with van der Waals surface area (Å²) in [7, 11) is -4.58. The second kappa shape index (κ2) is 8.97. The molecule has 7 nitrogen and oxygen atoms in total. The van der Waals surface area contributed by atoms with Gasteiger partial charge in [-0.25, -0.2) is 13.4 Å². The quantitative estimate of drug-likeness (QED) is 0.496. The van der Waals surface area contributed by atoms with E-state index in [0.29, 0.717) is 17.5 Å². The average Bonchev–Trinajstić information content (AvgIpc) is 2.77. The highest BCUT2D eigenvalue weighted by molar-refractivity contribution is 7.92. The highest BCUT2D eigenvalue weighted by Gasteiger charge is 2.35. The predicted molar refractivity (Wildman–Crippen MR) is 120 cm³/mol. The van der Waals surface area contributed by atoms with Crippen LogP contribution in [0.25, 0.3) is 0 Å². The Morgan fingerprint density at radius 3 is 2.59 bits per heavy atom. The molecule has 1 amide bonds. The number of carbonyl (C=O) groups excluding carboxylic acids is 1. The summed E-state index contributed by atoms with van der Waals surface area (Å²) >= 11 is 11.5. The van der Waals surface area contributed by atoms with Crippen LogP contribution in [0.5, 0.6) is 5.75 Å². The van der Waals surface area contributed by atoms with Crippen molar-refractivity contribution in [3.63, 3.8) is 0 Å². The number of amides is 1. The van der Waals surface area contributed by atoms with E-state index < -0.39 is 37.6 Å². The van der Waals surface area contributed by atoms with Gasteiger partial charge in [-0.1, -0.05) is 35.3 Å². The third-order valence-corrected chi connectivity index (χ3v) is 6.73. The van der Waals surface area contributed by atoms with Gasteiger partial charge >= 0.3 is 6.18 Å². The summed E-state index contributed by atoms with van der Waals surface area (Å²) < 4.78 is 73.1. The first-order valence-electron chi connectivity index (χ1n) is 9.56. The number of alkyl halides is 3. The fraction of sp³-hybridized carbons (Fsp3) is 0.143. The minimum Gasteiger partial charge on any atom is -0.490 e. The number of rotatable bonds is 4. The van der Waals surface area contributed by atoms with Gasteiger partial charge in [-0.3, -0.25) is 9.52 Å². The van der Waals surface area contributed by atoms with E-state index in [-0.39, 0.29) is 29.6 Å². The van der Waals surface area contributed by atoms with E-state index >= 15 is 0 Å². The molecule has 0 bridgehead atoms. The van der Waals surface area contributed by atoms with Gasteiger partial charge in [0.25, 0.3) is 15.9 Å². The molecule has 0 unspecified atom stereocenters. The molecule has 0 saturated heterocycles. The number of fused-ring (bicyclic) bond motifs is 1. The molecule has 0 saturated carbocycles. The highest BCUT2D eigenvalue weighted by Crippen LogP contribution is 2.37. The predicted octanol–water partition coefficient (Wildman–Crippen LogP) is 5.25. The normalized spacial score (nSPS) is 13.7. The molecule has 178 valence electrons. The van der Waals surface area contributed by atoms with Crippen LogP contribution in [0.2, 0.25) is 10.0 Å². The Hall–Kier alpha value is -3.02. The van der Waals surface area contributed by atoms with Gasteiger partial charge in [-0.2, -0.15) is 13.2 Å². The number of benzene rings is 2. The molecule has 0 atom stereocenters. The zero-order chi connectivity index (χ0) is 24.7. The zero-order valence-corrected chi connectivity index (χ0v) is 19.3. The number of halogens is 5. The van der Waals surface area contributed by atoms with Gasteiger partial charge in [0.2, 0.25) is 0 Å². The van der Waals surface area contributed by atoms with E-state index in [1.807, 2.05) is 0 Å². The van der Waals surface area contributed by atoms with Crippen LogP contribution < -0.4 is 14.4 Å². The Kier molecular flexibility index (Phi) is 6.36. The van der Waals surface area contributed by atoms with Gasteiger partial charge in [-0.05, 0) is 36.4 Å². The summed E-state index contributed by atoms with van der Waals surface area (Å²) in [6, 6.07) is 10.0. The van der Waals surface area contributed by atoms with Crippen LogP contribution in [0.1, 0.15) is 16.1 Å². The van der Waals surface area contributed by atoms with Crippen molar-refractivity contribution < 1.29 is 31.1 Å². The lowest BCUT2D eigenvalue weighted by molar-refractivity contribution is -0.137. The van der Waals surface area contributed by atoms with Crippen molar-refractivity contribution in [2.45, 2.75) is 11.1 Å². The van der Waals surface area contributed by atoms with E-state index in [0.717, 1.165) is 24.4 Å². The first kappa shape index (κ1) is 24.1. The van der Waals surface area contributed by atoms with E-state index in [1.165, 1.54) is 4.90 Å². The lowest BCUT2D eigenvalue weighted by atomic mass is 10.2. The zero-order valence-electron chi connectivity index (χ0n) is 16.9. The van der Waals surface area contributed by atoms with Crippen molar-refractivity contribution in [1.82, 2.24) is 4.98 Å². The highest BCUT2D eigenvalue weighted by atomic mass is 35.5. The first-order chi connectivity index (χ1) is 16.0. The third-order valence-electron chi connectivity index (χ3n) is 4.83. The van der Waals surface area contributed by atoms with Crippen LogP contribution in [-0.4, -0.2) is 32.5 Å². The molecule has 1 aliphatic rings. The minimum atomic E-state index is -4.87. The van der Waals surface area contributed by atoms with E-state index in [9.17, 15) is 26.4 Å². The second-order valence-electron chi connectivity index (χ2n) is 7.07. The van der Waals surface area contributed by atoms with Crippen LogP contribution in [0, 0.1) is 0 Å². The van der Waals surface area contributed by atoms with Crippen LogP contribution in [0.4, 0.5) is 24.5 Å². The van der Waals surface area contributed by atoms with Gasteiger partial charge in [0.1, 0.15) is 12.4 Å². The molecule has 1 N–H and O–H groups in total. The smallest absolute Gasteiger partial charge is 0.417 e. The maximum absolute atomic E-state index is 13.3. The Balaban J connectivity index is 1.72. The fourth-order valence-corrected chi connectivity index (χ4v) is 4.75. The summed E-state index contributed by atoms with van der Waals surface area (Å²) in [4.78, 5) is 17.9. The number of ether oxygens (including phenoxy) is 1. The molecule has 0 spiro atoms. The number of carbonyl (C=O) groups is 1. The minimum absolute atomic E-state index is 0.00344. The molecule has 2 heterocycles. The van der Waals surface area contributed by atoms with E-state index in [2.05, 4.69) is 9.71 Å². The van der Waals surface area contributed by atoms with Crippen molar-refractivity contribution in [3.8, 4) is 5.75 Å². The molecule has 13 heteroatoms. The molecular formula is C21H14Cl2F3N3O4S. The molecule has 1 aromatic heterocycles. The Bertz CT molecular complexity index is 1380. The first-order valence-corrected chi connectivity index (χ1v) is 11.8. The van der Waals surface area contributed by atoms with E-state index in [4.69, 9.17) is 27.9 Å². The van der Waals surface area contributed by atoms with Crippen LogP contribution in [0.15, 0.2) is 59.6 Å². The third kappa shape index (κ3) is 4.77. The van der Waals surface area contributed by atoms with Gasteiger partial charge in [0, 0.05) is 6.20 Å². The van der Waals surface area contributed by atoms with Crippen LogP contribution in [-0.2, 0) is 16.2 Å². The van der Waals surface area contributed by atoms with Gasteiger partial charge in [0.15, 0.2) is 5.69 Å². The van der Waals surface area contributed by atoms with E-state index in [1.54, 1.807) is 24.3 Å². The molecule has 4 rings (SSSR count). The maximum atomic E-state index is 13.3. The molecule has 1 aliphatic heterocycles. The lowest BCUT2D eigenvalue weighted by Gasteiger charge is -2.29. The topological polar surface area (TPSA) is 88.6 Å². The van der Waals surface area contributed by atoms with Crippen molar-refractivity contribution >= 4 is 50.5 Å². The standard InChI is InChI=1S/C21H14Cl2F3N3O4S/c22-12-9-16(28-34(31,32)13-5-6-15(23)14(10-13)21(24,25)26)19(27-11-12)20(30)29-7-8-33-18-4-2-1-3-17(18)29/h1-6,9-11,28H,7-8H2. The molecule has 0 radical (unpaired) electrons. The maximum Gasteiger partial charge on any atom is 0.417 e. The number of nitrogens with one attached hydrogen (secondary N) is 1. The van der Waals surface area contributed by atoms with Crippen molar-refractivity contribution in [2.75, 3.05) is 22.8 Å². The molecular weight excluding hydrogens is 518 g/mol. The number of nitrogens with zero attached hydrogens (tertiary/aromatic N) is 2. The molecule has 0 aliphatic carbocycles. The number of hydrogen-bond donors (Lipinski definition) is 1. The SMILES string of the molecule is O=C(c1ncc(Cl)cc1NS(=O)(=O)c1ccc(Cl)c(C(F)(F)F)c1)N1CCOc2ccccc21. The van der Waals surface area contributed by atoms with Gasteiger partial charge in [-0.15, -0.1) is 0 Å². The fourth-order valence-electron chi connectivity index (χ4n) is 3.29. The largest absolute Gasteiger partial charge is 0.490 e. The van der Waals surface area contributed by atoms with Crippen LogP contribution in [0.3, 0.4) is 0 Å². The molecule has 0 fully saturated rings. The summed E-state index contributed by atoms with van der Waals surface area (Å²) in [5, 5.41) is -0.651. The Morgan fingerprint density at radius 2 is 1.85 bits per heavy atom.